The van der Waals surface area contributed by atoms with Crippen LogP contribution in [-0.4, -0.2) is 54.2 Å². The van der Waals surface area contributed by atoms with Crippen molar-refractivity contribution in [3.63, 3.8) is 0 Å². The summed E-state index contributed by atoms with van der Waals surface area (Å²) in [5.74, 6) is -0.131. The van der Waals surface area contributed by atoms with E-state index in [-0.39, 0.29) is 36.3 Å². The van der Waals surface area contributed by atoms with Gasteiger partial charge in [-0.25, -0.2) is 4.98 Å². The third kappa shape index (κ3) is 6.36. The van der Waals surface area contributed by atoms with E-state index >= 15 is 0 Å². The molecule has 3 N–H and O–H groups in total. The van der Waals surface area contributed by atoms with E-state index in [2.05, 4.69) is 29.0 Å². The second kappa shape index (κ2) is 9.64. The number of nitrogens with two attached hydrogens (primary N) is 1. The first-order valence-electron chi connectivity index (χ1n) is 6.79. The fraction of sp³-hybridized carbons (Fsp3) is 0.692. The van der Waals surface area contributed by atoms with Gasteiger partial charge >= 0.3 is 0 Å². The normalized spacial score (nSPS) is 17.2. The van der Waals surface area contributed by atoms with E-state index in [9.17, 15) is 4.79 Å². The van der Waals surface area contributed by atoms with Gasteiger partial charge < -0.3 is 15.8 Å². The lowest BCUT2D eigenvalue weighted by molar-refractivity contribution is -0.0853. The van der Waals surface area contributed by atoms with E-state index in [4.69, 9.17) is 10.5 Å². The topological polar surface area (TPSA) is 80.5 Å². The first kappa shape index (κ1) is 21.6. The Morgan fingerprint density at radius 2 is 2.27 bits per heavy atom. The Hall–Kier alpha value is -0.440. The van der Waals surface area contributed by atoms with Crippen LogP contribution in [0.25, 0.3) is 0 Å². The highest BCUT2D eigenvalue weighted by molar-refractivity contribution is 7.09. The van der Waals surface area contributed by atoms with Crippen LogP contribution in [0.3, 0.4) is 0 Å². The standard InChI is InChI=1S/C13H22N4O2S.2ClH/c1-13(2)9-17(5-6-19-13)4-3-15-12(18)10-8-20-11(7-14)16-10;;/h8H,3-7,9,14H2,1-2H3,(H,15,18);2*1H. The highest BCUT2D eigenvalue weighted by atomic mass is 35.5. The van der Waals surface area contributed by atoms with E-state index in [1.807, 2.05) is 0 Å². The summed E-state index contributed by atoms with van der Waals surface area (Å²) < 4.78 is 5.66. The molecule has 0 aliphatic carbocycles. The number of amides is 1. The number of carbonyl (C=O) groups excluding carboxylic acids is 1. The van der Waals surface area contributed by atoms with Gasteiger partial charge in [0.2, 0.25) is 0 Å². The Morgan fingerprint density at radius 3 is 2.86 bits per heavy atom. The van der Waals surface area contributed by atoms with Crippen LogP contribution in [0, 0.1) is 0 Å². The quantitative estimate of drug-likeness (QED) is 0.815. The van der Waals surface area contributed by atoms with E-state index in [0.29, 0.717) is 18.8 Å². The largest absolute Gasteiger partial charge is 0.373 e. The van der Waals surface area contributed by atoms with Crippen molar-refractivity contribution in [1.29, 1.82) is 0 Å². The van der Waals surface area contributed by atoms with Gasteiger partial charge in [0, 0.05) is 38.1 Å². The zero-order chi connectivity index (χ0) is 14.6. The molecule has 128 valence electrons. The molecular weight excluding hydrogens is 347 g/mol. The molecule has 1 amide bonds. The van der Waals surface area contributed by atoms with Crippen molar-refractivity contribution < 1.29 is 9.53 Å². The molecule has 0 unspecified atom stereocenters. The van der Waals surface area contributed by atoms with Gasteiger partial charge in [0.25, 0.3) is 5.91 Å². The maximum Gasteiger partial charge on any atom is 0.270 e. The summed E-state index contributed by atoms with van der Waals surface area (Å²) in [5, 5.41) is 5.42. The maximum atomic E-state index is 11.9. The van der Waals surface area contributed by atoms with E-state index < -0.39 is 0 Å². The van der Waals surface area contributed by atoms with Crippen LogP contribution < -0.4 is 11.1 Å². The molecule has 0 aromatic carbocycles. The van der Waals surface area contributed by atoms with Crippen LogP contribution in [0.1, 0.15) is 29.3 Å². The summed E-state index contributed by atoms with van der Waals surface area (Å²) in [6.45, 7) is 8.53. The van der Waals surface area contributed by atoms with Crippen LogP contribution in [0.15, 0.2) is 5.38 Å². The molecule has 22 heavy (non-hydrogen) atoms. The molecule has 1 aromatic rings. The van der Waals surface area contributed by atoms with Gasteiger partial charge in [-0.15, -0.1) is 36.2 Å². The van der Waals surface area contributed by atoms with E-state index in [1.54, 1.807) is 5.38 Å². The fourth-order valence-corrected chi connectivity index (χ4v) is 2.89. The molecular formula is C13H24Cl2N4O2S. The molecule has 1 aliphatic rings. The van der Waals surface area contributed by atoms with Gasteiger partial charge in [0.05, 0.1) is 12.2 Å². The number of thiazole rings is 1. The lowest BCUT2D eigenvalue weighted by atomic mass is 10.1. The Bertz CT molecular complexity index is 471. The summed E-state index contributed by atoms with van der Waals surface area (Å²) >= 11 is 1.42. The first-order chi connectivity index (χ1) is 9.50. The number of nitrogens with zero attached hydrogens (tertiary/aromatic N) is 2. The molecule has 1 saturated heterocycles. The molecule has 0 radical (unpaired) electrons. The number of hydrogen-bond acceptors (Lipinski definition) is 6. The van der Waals surface area contributed by atoms with Crippen LogP contribution in [-0.2, 0) is 11.3 Å². The molecule has 2 rings (SSSR count). The zero-order valence-electron chi connectivity index (χ0n) is 12.8. The van der Waals surface area contributed by atoms with Crippen LogP contribution in [0.5, 0.6) is 0 Å². The predicted octanol–water partition coefficient (Wildman–Crippen LogP) is 1.29. The van der Waals surface area contributed by atoms with Crippen molar-refractivity contribution in [2.24, 2.45) is 5.73 Å². The van der Waals surface area contributed by atoms with Crippen molar-refractivity contribution in [1.82, 2.24) is 15.2 Å². The third-order valence-corrected chi connectivity index (χ3v) is 4.05. The van der Waals surface area contributed by atoms with Crippen molar-refractivity contribution in [3.8, 4) is 0 Å². The van der Waals surface area contributed by atoms with Gasteiger partial charge in [0.15, 0.2) is 0 Å². The number of ether oxygens (including phenoxy) is 1. The number of aromatic nitrogens is 1. The second-order valence-electron chi connectivity index (χ2n) is 5.47. The zero-order valence-corrected chi connectivity index (χ0v) is 15.3. The van der Waals surface area contributed by atoms with Crippen LogP contribution in [0.2, 0.25) is 0 Å². The Morgan fingerprint density at radius 1 is 1.55 bits per heavy atom. The molecule has 0 saturated carbocycles. The summed E-state index contributed by atoms with van der Waals surface area (Å²) in [7, 11) is 0. The molecule has 1 aliphatic heterocycles. The fourth-order valence-electron chi connectivity index (χ4n) is 2.23. The second-order valence-corrected chi connectivity index (χ2v) is 6.41. The Kier molecular flexibility index (Phi) is 9.45. The number of nitrogens with one attached hydrogen (secondary N) is 1. The highest BCUT2D eigenvalue weighted by Gasteiger charge is 2.26. The predicted molar refractivity (Wildman–Crippen MR) is 93.3 cm³/mol. The summed E-state index contributed by atoms with van der Waals surface area (Å²) in [5.41, 5.74) is 5.84. The minimum atomic E-state index is -0.131. The van der Waals surface area contributed by atoms with Gasteiger partial charge in [-0.1, -0.05) is 0 Å². The number of halogens is 2. The highest BCUT2D eigenvalue weighted by Crippen LogP contribution is 2.15. The summed E-state index contributed by atoms with van der Waals surface area (Å²) in [6, 6.07) is 0. The third-order valence-electron chi connectivity index (χ3n) is 3.18. The average molecular weight is 371 g/mol. The lowest BCUT2D eigenvalue weighted by Gasteiger charge is -2.38. The van der Waals surface area contributed by atoms with E-state index in [1.165, 1.54) is 11.3 Å². The van der Waals surface area contributed by atoms with Gasteiger partial charge in [-0.3, -0.25) is 9.69 Å². The summed E-state index contributed by atoms with van der Waals surface area (Å²) in [4.78, 5) is 18.4. The lowest BCUT2D eigenvalue weighted by Crippen LogP contribution is -2.50. The Labute approximate surface area is 147 Å². The SMILES string of the molecule is CC1(C)CN(CCNC(=O)c2csc(CN)n2)CCO1.Cl.Cl. The average Bonchev–Trinajstić information content (AvgIpc) is 2.86. The monoisotopic (exact) mass is 370 g/mol. The molecule has 2 heterocycles. The summed E-state index contributed by atoms with van der Waals surface area (Å²) in [6.07, 6.45) is 0. The molecule has 0 spiro atoms. The minimum absolute atomic E-state index is 0. The molecule has 0 atom stereocenters. The molecule has 9 heteroatoms. The van der Waals surface area contributed by atoms with Crippen molar-refractivity contribution >= 4 is 42.1 Å². The van der Waals surface area contributed by atoms with Crippen LogP contribution in [0.4, 0.5) is 0 Å². The Balaban J connectivity index is 0.00000220. The first-order valence-corrected chi connectivity index (χ1v) is 7.67. The van der Waals surface area contributed by atoms with Gasteiger partial charge in [-0.2, -0.15) is 0 Å². The van der Waals surface area contributed by atoms with Crippen molar-refractivity contribution in [2.45, 2.75) is 26.0 Å². The number of hydrogen-bond donors (Lipinski definition) is 2. The van der Waals surface area contributed by atoms with Crippen molar-refractivity contribution in [3.05, 3.63) is 16.1 Å². The minimum Gasteiger partial charge on any atom is -0.373 e. The number of morpholine rings is 1. The smallest absolute Gasteiger partial charge is 0.270 e. The maximum absolute atomic E-state index is 11.9. The molecule has 1 fully saturated rings. The number of carbonyl (C=O) groups is 1. The van der Waals surface area contributed by atoms with Gasteiger partial charge in [-0.05, 0) is 13.8 Å². The van der Waals surface area contributed by atoms with Gasteiger partial charge in [0.1, 0.15) is 10.7 Å². The van der Waals surface area contributed by atoms with E-state index in [0.717, 1.165) is 31.2 Å². The number of rotatable bonds is 5. The molecule has 6 nitrogen and oxygen atoms in total. The van der Waals surface area contributed by atoms with Crippen molar-refractivity contribution in [2.75, 3.05) is 32.8 Å². The molecule has 1 aromatic heterocycles. The van der Waals surface area contributed by atoms with Crippen LogP contribution >= 0.6 is 36.2 Å². The molecule has 0 bridgehead atoms.